The lowest BCUT2D eigenvalue weighted by Gasteiger charge is -2.00. The minimum absolute atomic E-state index is 0.0797. The summed E-state index contributed by atoms with van der Waals surface area (Å²) >= 11 is 0. The fraction of sp³-hybridized carbons (Fsp3) is 0.111. The maximum Gasteiger partial charge on any atom is 0.333 e. The molecule has 2 N–H and O–H groups in total. The average molecular weight is 211 g/mol. The molecule has 1 rings (SSSR count). The molecule has 0 saturated carbocycles. The van der Waals surface area contributed by atoms with Gasteiger partial charge in [0.1, 0.15) is 0 Å². The summed E-state index contributed by atoms with van der Waals surface area (Å²) in [6, 6.07) is 6.75. The van der Waals surface area contributed by atoms with Crippen molar-refractivity contribution in [1.82, 2.24) is 0 Å². The Labute approximate surface area is 82.9 Å². The van der Waals surface area contributed by atoms with Crippen LogP contribution in [0.4, 0.5) is 0 Å². The highest BCUT2D eigenvalue weighted by molar-refractivity contribution is 7.84. The van der Waals surface area contributed by atoms with E-state index in [-0.39, 0.29) is 6.61 Å². The third-order valence-corrected chi connectivity index (χ3v) is 1.96. The Morgan fingerprint density at radius 1 is 1.36 bits per heavy atom. The van der Waals surface area contributed by atoms with E-state index < -0.39 is 10.3 Å². The van der Waals surface area contributed by atoms with E-state index in [0.29, 0.717) is 5.56 Å². The summed E-state index contributed by atoms with van der Waals surface area (Å²) in [7, 11) is -3.88. The summed E-state index contributed by atoms with van der Waals surface area (Å²) in [6.45, 7) is -0.0797. The number of nitrogens with two attached hydrogens (primary N) is 1. The van der Waals surface area contributed by atoms with Gasteiger partial charge < -0.3 is 0 Å². The summed E-state index contributed by atoms with van der Waals surface area (Å²) < 4.78 is 25.3. The molecule has 0 amide bonds. The van der Waals surface area contributed by atoms with Gasteiger partial charge in [0.15, 0.2) is 0 Å². The molecule has 0 saturated heterocycles. The van der Waals surface area contributed by atoms with Gasteiger partial charge in [0.25, 0.3) is 0 Å². The molecule has 0 atom stereocenters. The molecule has 0 aliphatic carbocycles. The Kier molecular flexibility index (Phi) is 3.25. The summed E-state index contributed by atoms with van der Waals surface area (Å²) in [5.74, 6) is 2.44. The predicted octanol–water partition coefficient (Wildman–Crippen LogP) is 0.388. The van der Waals surface area contributed by atoms with E-state index in [0.717, 1.165) is 5.56 Å². The molecule has 0 aromatic heterocycles. The normalized spacial score (nSPS) is 10.9. The SMILES string of the molecule is C#Cc1ccc(COS(N)(=O)=O)cc1. The highest BCUT2D eigenvalue weighted by atomic mass is 32.2. The standard InChI is InChI=1S/C9H9NO3S/c1-2-8-3-5-9(6-4-8)7-13-14(10,11)12/h1,3-6H,7H2,(H2,10,11,12). The van der Waals surface area contributed by atoms with Crippen LogP contribution in [-0.4, -0.2) is 8.42 Å². The van der Waals surface area contributed by atoms with Crippen molar-refractivity contribution in [2.75, 3.05) is 0 Å². The zero-order chi connectivity index (χ0) is 10.6. The first-order valence-corrected chi connectivity index (χ1v) is 5.21. The fourth-order valence-corrected chi connectivity index (χ4v) is 1.15. The lowest BCUT2D eigenvalue weighted by molar-refractivity contribution is 0.308. The van der Waals surface area contributed by atoms with Crippen molar-refractivity contribution in [3.05, 3.63) is 35.4 Å². The molecule has 0 heterocycles. The van der Waals surface area contributed by atoms with E-state index >= 15 is 0 Å². The van der Waals surface area contributed by atoms with E-state index in [1.54, 1.807) is 24.3 Å². The molecule has 0 radical (unpaired) electrons. The molecule has 1 aromatic carbocycles. The molecule has 0 fully saturated rings. The van der Waals surface area contributed by atoms with E-state index in [1.165, 1.54) is 0 Å². The van der Waals surface area contributed by atoms with Gasteiger partial charge in [-0.3, -0.25) is 4.18 Å². The molecule has 74 valence electrons. The van der Waals surface area contributed by atoms with Gasteiger partial charge in [-0.1, -0.05) is 18.1 Å². The van der Waals surface area contributed by atoms with Gasteiger partial charge in [0.2, 0.25) is 0 Å². The zero-order valence-electron chi connectivity index (χ0n) is 7.30. The number of hydrogen-bond acceptors (Lipinski definition) is 3. The van der Waals surface area contributed by atoms with E-state index in [2.05, 4.69) is 15.2 Å². The second kappa shape index (κ2) is 4.24. The third kappa shape index (κ3) is 3.58. The van der Waals surface area contributed by atoms with Gasteiger partial charge in [-0.2, -0.15) is 8.42 Å². The molecule has 0 aliphatic rings. The van der Waals surface area contributed by atoms with Crippen LogP contribution >= 0.6 is 0 Å². The van der Waals surface area contributed by atoms with Gasteiger partial charge in [0.05, 0.1) is 6.61 Å². The summed E-state index contributed by atoms with van der Waals surface area (Å²) in [6.07, 6.45) is 5.15. The Morgan fingerprint density at radius 3 is 2.36 bits per heavy atom. The van der Waals surface area contributed by atoms with Crippen molar-refractivity contribution in [3.8, 4) is 12.3 Å². The first-order chi connectivity index (χ1) is 6.51. The van der Waals surface area contributed by atoms with Crippen LogP contribution < -0.4 is 5.14 Å². The summed E-state index contributed by atoms with van der Waals surface area (Å²) in [5.41, 5.74) is 1.42. The van der Waals surface area contributed by atoms with Crippen LogP contribution in [0.25, 0.3) is 0 Å². The molecular weight excluding hydrogens is 202 g/mol. The highest BCUT2D eigenvalue weighted by Crippen LogP contribution is 2.05. The monoisotopic (exact) mass is 211 g/mol. The minimum Gasteiger partial charge on any atom is -0.253 e. The quantitative estimate of drug-likeness (QED) is 0.735. The van der Waals surface area contributed by atoms with E-state index in [9.17, 15) is 8.42 Å². The topological polar surface area (TPSA) is 69.4 Å². The Balaban J connectivity index is 2.67. The largest absolute Gasteiger partial charge is 0.333 e. The number of benzene rings is 1. The molecular formula is C9H9NO3S. The van der Waals surface area contributed by atoms with Gasteiger partial charge in [-0.15, -0.1) is 6.42 Å². The van der Waals surface area contributed by atoms with Crippen LogP contribution in [0.5, 0.6) is 0 Å². The smallest absolute Gasteiger partial charge is 0.253 e. The maximum atomic E-state index is 10.5. The second-order valence-corrected chi connectivity index (χ2v) is 3.82. The molecule has 0 unspecified atom stereocenters. The number of rotatable bonds is 3. The van der Waals surface area contributed by atoms with Gasteiger partial charge >= 0.3 is 10.3 Å². The third-order valence-electron chi connectivity index (χ3n) is 1.51. The molecule has 0 bridgehead atoms. The average Bonchev–Trinajstić information content (AvgIpc) is 2.14. The fourth-order valence-electron chi connectivity index (χ4n) is 0.847. The van der Waals surface area contributed by atoms with Crippen LogP contribution in [-0.2, 0) is 21.1 Å². The number of hydrogen-bond donors (Lipinski definition) is 1. The summed E-state index contributed by atoms with van der Waals surface area (Å²) in [4.78, 5) is 0. The first kappa shape index (κ1) is 10.7. The van der Waals surface area contributed by atoms with Crippen LogP contribution in [0.2, 0.25) is 0 Å². The predicted molar refractivity (Wildman–Crippen MR) is 52.3 cm³/mol. The van der Waals surface area contributed by atoms with Crippen LogP contribution in [0.15, 0.2) is 24.3 Å². The molecule has 0 spiro atoms. The Bertz CT molecular complexity index is 442. The first-order valence-electron chi connectivity index (χ1n) is 3.74. The van der Waals surface area contributed by atoms with Gasteiger partial charge in [-0.05, 0) is 17.7 Å². The van der Waals surface area contributed by atoms with Crippen molar-refractivity contribution < 1.29 is 12.6 Å². The Morgan fingerprint density at radius 2 is 1.93 bits per heavy atom. The Hall–Kier alpha value is -1.35. The lowest BCUT2D eigenvalue weighted by atomic mass is 10.1. The minimum atomic E-state index is -3.88. The van der Waals surface area contributed by atoms with Gasteiger partial charge in [0, 0.05) is 5.56 Å². The second-order valence-electron chi connectivity index (χ2n) is 2.60. The maximum absolute atomic E-state index is 10.5. The van der Waals surface area contributed by atoms with Crippen LogP contribution in [0.3, 0.4) is 0 Å². The lowest BCUT2D eigenvalue weighted by Crippen LogP contribution is -2.15. The highest BCUT2D eigenvalue weighted by Gasteiger charge is 2.02. The zero-order valence-corrected chi connectivity index (χ0v) is 8.12. The molecule has 14 heavy (non-hydrogen) atoms. The van der Waals surface area contributed by atoms with E-state index in [4.69, 9.17) is 6.42 Å². The molecule has 4 nitrogen and oxygen atoms in total. The molecule has 5 heteroatoms. The van der Waals surface area contributed by atoms with Gasteiger partial charge in [-0.25, -0.2) is 5.14 Å². The molecule has 0 aliphatic heterocycles. The van der Waals surface area contributed by atoms with Crippen molar-refractivity contribution >= 4 is 10.3 Å². The molecule has 1 aromatic rings. The van der Waals surface area contributed by atoms with Crippen LogP contribution in [0.1, 0.15) is 11.1 Å². The van der Waals surface area contributed by atoms with E-state index in [1.807, 2.05) is 0 Å². The summed E-state index contributed by atoms with van der Waals surface area (Å²) in [5, 5.41) is 4.66. The number of terminal acetylenes is 1. The van der Waals surface area contributed by atoms with Crippen molar-refractivity contribution in [1.29, 1.82) is 0 Å². The van der Waals surface area contributed by atoms with Crippen LogP contribution in [0, 0.1) is 12.3 Å². The van der Waals surface area contributed by atoms with Crippen molar-refractivity contribution in [2.45, 2.75) is 6.61 Å². The van der Waals surface area contributed by atoms with Crippen molar-refractivity contribution in [3.63, 3.8) is 0 Å². The van der Waals surface area contributed by atoms with Crippen molar-refractivity contribution in [2.24, 2.45) is 5.14 Å².